The fourth-order valence-corrected chi connectivity index (χ4v) is 2.16. The molecule has 0 unspecified atom stereocenters. The first-order valence-corrected chi connectivity index (χ1v) is 6.21. The Labute approximate surface area is 111 Å². The summed E-state index contributed by atoms with van der Waals surface area (Å²) < 4.78 is 5.83. The smallest absolute Gasteiger partial charge is 0.122 e. The van der Waals surface area contributed by atoms with Gasteiger partial charge in [0.05, 0.1) is 0 Å². The van der Waals surface area contributed by atoms with Crippen LogP contribution in [0.5, 0.6) is 11.5 Å². The number of fused-ring (bicyclic) bond motifs is 1. The highest BCUT2D eigenvalue weighted by molar-refractivity contribution is 5.84. The second-order valence-electron chi connectivity index (χ2n) is 4.60. The second-order valence-corrected chi connectivity index (χ2v) is 4.60. The van der Waals surface area contributed by atoms with Gasteiger partial charge in [-0.1, -0.05) is 18.2 Å². The lowest BCUT2D eigenvalue weighted by Gasteiger charge is -2.08. The quantitative estimate of drug-likeness (QED) is 0.746. The summed E-state index contributed by atoms with van der Waals surface area (Å²) >= 11 is 0. The molecule has 2 N–H and O–H groups in total. The Hall–Kier alpha value is -2.42. The first-order chi connectivity index (χ1) is 9.24. The number of aromatic nitrogens is 1. The van der Waals surface area contributed by atoms with E-state index < -0.39 is 0 Å². The number of rotatable bonds is 3. The van der Waals surface area contributed by atoms with Gasteiger partial charge in [0, 0.05) is 22.7 Å². The molecule has 0 atom stereocenters. The predicted molar refractivity (Wildman–Crippen MR) is 75.5 cm³/mol. The number of phenols is 1. The van der Waals surface area contributed by atoms with Crippen molar-refractivity contribution in [1.82, 2.24) is 4.98 Å². The van der Waals surface area contributed by atoms with E-state index in [2.05, 4.69) is 4.98 Å². The van der Waals surface area contributed by atoms with Gasteiger partial charge in [-0.05, 0) is 36.8 Å². The van der Waals surface area contributed by atoms with Gasteiger partial charge in [0.2, 0.25) is 0 Å². The van der Waals surface area contributed by atoms with Crippen LogP contribution in [0.1, 0.15) is 11.1 Å². The molecule has 1 heterocycles. The van der Waals surface area contributed by atoms with Gasteiger partial charge >= 0.3 is 0 Å². The Morgan fingerprint density at radius 3 is 2.84 bits per heavy atom. The minimum atomic E-state index is 0.268. The van der Waals surface area contributed by atoms with Crippen LogP contribution in [0.15, 0.2) is 48.7 Å². The average Bonchev–Trinajstić information content (AvgIpc) is 2.80. The third kappa shape index (κ3) is 2.27. The summed E-state index contributed by atoms with van der Waals surface area (Å²) in [5.74, 6) is 1.15. The molecule has 0 radical (unpaired) electrons. The van der Waals surface area contributed by atoms with Crippen LogP contribution >= 0.6 is 0 Å². The molecule has 1 aromatic heterocycles. The monoisotopic (exact) mass is 253 g/mol. The first-order valence-electron chi connectivity index (χ1n) is 6.21. The van der Waals surface area contributed by atoms with Crippen molar-refractivity contribution in [2.45, 2.75) is 13.5 Å². The summed E-state index contributed by atoms with van der Waals surface area (Å²) in [5, 5.41) is 10.5. The minimum absolute atomic E-state index is 0.268. The van der Waals surface area contributed by atoms with Crippen LogP contribution in [0.4, 0.5) is 0 Å². The van der Waals surface area contributed by atoms with Crippen LogP contribution in [0.2, 0.25) is 0 Å². The van der Waals surface area contributed by atoms with Gasteiger partial charge < -0.3 is 14.8 Å². The van der Waals surface area contributed by atoms with Gasteiger partial charge in [-0.3, -0.25) is 0 Å². The molecule has 0 amide bonds. The maximum Gasteiger partial charge on any atom is 0.122 e. The number of benzene rings is 2. The molecule has 3 rings (SSSR count). The summed E-state index contributed by atoms with van der Waals surface area (Å²) in [6, 6.07) is 13.2. The lowest BCUT2D eigenvalue weighted by molar-refractivity contribution is 0.305. The van der Waals surface area contributed by atoms with Crippen molar-refractivity contribution in [3.8, 4) is 11.5 Å². The lowest BCUT2D eigenvalue weighted by atomic mass is 10.2. The number of H-pyrrole nitrogens is 1. The lowest BCUT2D eigenvalue weighted by Crippen LogP contribution is -1.95. The minimum Gasteiger partial charge on any atom is -0.508 e. The third-order valence-electron chi connectivity index (χ3n) is 3.23. The fraction of sp³-hybridized carbons (Fsp3) is 0.125. The average molecular weight is 253 g/mol. The summed E-state index contributed by atoms with van der Waals surface area (Å²) in [4.78, 5) is 3.18. The van der Waals surface area contributed by atoms with Gasteiger partial charge in [0.1, 0.15) is 18.1 Å². The summed E-state index contributed by atoms with van der Waals surface area (Å²) in [7, 11) is 0. The topological polar surface area (TPSA) is 45.2 Å². The predicted octanol–water partition coefficient (Wildman–Crippen LogP) is 3.76. The van der Waals surface area contributed by atoms with Crippen molar-refractivity contribution < 1.29 is 9.84 Å². The van der Waals surface area contributed by atoms with E-state index in [4.69, 9.17) is 4.74 Å². The molecule has 96 valence electrons. The zero-order valence-electron chi connectivity index (χ0n) is 10.7. The molecule has 0 bridgehead atoms. The van der Waals surface area contributed by atoms with Crippen LogP contribution < -0.4 is 4.74 Å². The van der Waals surface area contributed by atoms with Gasteiger partial charge in [0.25, 0.3) is 0 Å². The molecular weight excluding hydrogens is 238 g/mol. The third-order valence-corrected chi connectivity index (χ3v) is 3.23. The maximum atomic E-state index is 9.55. The maximum absolute atomic E-state index is 9.55. The number of para-hydroxylation sites is 1. The van der Waals surface area contributed by atoms with Crippen LogP contribution in [-0.2, 0) is 6.61 Å². The van der Waals surface area contributed by atoms with E-state index in [0.29, 0.717) is 6.61 Å². The number of nitrogens with one attached hydrogen (secondary N) is 1. The van der Waals surface area contributed by atoms with E-state index in [-0.39, 0.29) is 5.75 Å². The molecular formula is C16H15NO2. The number of aromatic amines is 1. The Bertz CT molecular complexity index is 716. The highest BCUT2D eigenvalue weighted by atomic mass is 16.5. The number of hydrogen-bond donors (Lipinski definition) is 2. The van der Waals surface area contributed by atoms with Crippen LogP contribution in [0.3, 0.4) is 0 Å². The van der Waals surface area contributed by atoms with E-state index in [1.165, 1.54) is 0 Å². The highest BCUT2D eigenvalue weighted by Crippen LogP contribution is 2.25. The summed E-state index contributed by atoms with van der Waals surface area (Å²) in [6.45, 7) is 2.50. The van der Waals surface area contributed by atoms with Crippen molar-refractivity contribution in [2.75, 3.05) is 0 Å². The number of hydrogen-bond acceptors (Lipinski definition) is 2. The van der Waals surface area contributed by atoms with E-state index in [0.717, 1.165) is 27.8 Å². The second kappa shape index (κ2) is 4.69. The summed E-state index contributed by atoms with van der Waals surface area (Å²) in [6.07, 6.45) is 1.92. The molecule has 3 nitrogen and oxygen atoms in total. The number of aromatic hydroxyl groups is 1. The van der Waals surface area contributed by atoms with Crippen molar-refractivity contribution in [3.05, 3.63) is 59.8 Å². The Morgan fingerprint density at radius 2 is 2.00 bits per heavy atom. The Morgan fingerprint density at radius 1 is 1.16 bits per heavy atom. The normalized spacial score (nSPS) is 10.8. The number of ether oxygens (including phenoxy) is 1. The van der Waals surface area contributed by atoms with Crippen molar-refractivity contribution in [2.24, 2.45) is 0 Å². The molecule has 3 heteroatoms. The van der Waals surface area contributed by atoms with Gasteiger partial charge in [-0.15, -0.1) is 0 Å². The first kappa shape index (κ1) is 11.7. The summed E-state index contributed by atoms with van der Waals surface area (Å²) in [5.41, 5.74) is 3.15. The van der Waals surface area contributed by atoms with Gasteiger partial charge in [0.15, 0.2) is 0 Å². The molecule has 0 saturated carbocycles. The highest BCUT2D eigenvalue weighted by Gasteiger charge is 2.06. The van der Waals surface area contributed by atoms with E-state index in [9.17, 15) is 5.11 Å². The largest absolute Gasteiger partial charge is 0.508 e. The molecule has 2 aromatic carbocycles. The molecule has 0 fully saturated rings. The molecule has 0 aliphatic rings. The molecule has 0 spiro atoms. The SMILES string of the molecule is Cc1ccccc1OCc1c[nH]c2ccc(O)cc12. The van der Waals surface area contributed by atoms with Crippen molar-refractivity contribution in [3.63, 3.8) is 0 Å². The van der Waals surface area contributed by atoms with Crippen LogP contribution in [0.25, 0.3) is 10.9 Å². The molecule has 3 aromatic rings. The molecule has 19 heavy (non-hydrogen) atoms. The number of aryl methyl sites for hydroxylation is 1. The molecule has 0 aliphatic carbocycles. The fourth-order valence-electron chi connectivity index (χ4n) is 2.16. The molecule has 0 aliphatic heterocycles. The standard InChI is InChI=1S/C16H15NO2/c1-11-4-2-3-5-16(11)19-10-12-9-17-15-7-6-13(18)8-14(12)15/h2-9,17-18H,10H2,1H3. The van der Waals surface area contributed by atoms with E-state index in [1.807, 2.05) is 43.5 Å². The zero-order chi connectivity index (χ0) is 13.2. The zero-order valence-corrected chi connectivity index (χ0v) is 10.7. The van der Waals surface area contributed by atoms with Gasteiger partial charge in [-0.25, -0.2) is 0 Å². The van der Waals surface area contributed by atoms with E-state index in [1.54, 1.807) is 12.1 Å². The van der Waals surface area contributed by atoms with Gasteiger partial charge in [-0.2, -0.15) is 0 Å². The van der Waals surface area contributed by atoms with Crippen molar-refractivity contribution in [1.29, 1.82) is 0 Å². The van der Waals surface area contributed by atoms with Crippen molar-refractivity contribution >= 4 is 10.9 Å². The Kier molecular flexibility index (Phi) is 2.88. The van der Waals surface area contributed by atoms with E-state index >= 15 is 0 Å². The Balaban J connectivity index is 1.86. The molecule has 0 saturated heterocycles. The van der Waals surface area contributed by atoms with Crippen LogP contribution in [-0.4, -0.2) is 10.1 Å². The van der Waals surface area contributed by atoms with Crippen LogP contribution in [0, 0.1) is 6.92 Å². The number of phenolic OH excluding ortho intramolecular Hbond substituents is 1.